The minimum absolute atomic E-state index is 0.0453. The number of rotatable bonds is 5. The molecule has 20 heavy (non-hydrogen) atoms. The van der Waals surface area contributed by atoms with Crippen molar-refractivity contribution in [2.75, 3.05) is 12.4 Å². The van der Waals surface area contributed by atoms with Crippen LogP contribution in [0.25, 0.3) is 0 Å². The first-order chi connectivity index (χ1) is 9.58. The standard InChI is InChI=1S/C14H16N2O2S2/c1-9-8-19-14(15-9)20-10(2)13(17)16-11-5-4-6-12(7-11)18-3/h4-8,10H,1-3H3,(H,16,17). The highest BCUT2D eigenvalue weighted by Gasteiger charge is 2.16. The number of aromatic nitrogens is 1. The van der Waals surface area contributed by atoms with Crippen molar-refractivity contribution in [2.45, 2.75) is 23.4 Å². The van der Waals surface area contributed by atoms with Gasteiger partial charge in [-0.15, -0.1) is 11.3 Å². The number of amides is 1. The van der Waals surface area contributed by atoms with Gasteiger partial charge in [0.05, 0.1) is 12.4 Å². The van der Waals surface area contributed by atoms with Crippen LogP contribution < -0.4 is 10.1 Å². The second-order valence-electron chi connectivity index (χ2n) is 4.24. The van der Waals surface area contributed by atoms with Crippen LogP contribution in [0.3, 0.4) is 0 Å². The number of aryl methyl sites for hydroxylation is 1. The van der Waals surface area contributed by atoms with Crippen LogP contribution in [0.2, 0.25) is 0 Å². The molecule has 1 aromatic heterocycles. The molecule has 0 fully saturated rings. The smallest absolute Gasteiger partial charge is 0.237 e. The molecular formula is C14H16N2O2S2. The lowest BCUT2D eigenvalue weighted by Crippen LogP contribution is -2.22. The fourth-order valence-corrected chi connectivity index (χ4v) is 3.52. The molecule has 2 rings (SSSR count). The molecule has 1 amide bonds. The summed E-state index contributed by atoms with van der Waals surface area (Å²) in [6.07, 6.45) is 0. The van der Waals surface area contributed by atoms with E-state index >= 15 is 0 Å². The van der Waals surface area contributed by atoms with Crippen LogP contribution >= 0.6 is 23.1 Å². The van der Waals surface area contributed by atoms with E-state index in [2.05, 4.69) is 10.3 Å². The Balaban J connectivity index is 1.96. The van der Waals surface area contributed by atoms with Gasteiger partial charge in [-0.1, -0.05) is 17.8 Å². The van der Waals surface area contributed by atoms with Crippen LogP contribution in [0.15, 0.2) is 34.0 Å². The van der Waals surface area contributed by atoms with Crippen LogP contribution in [0.1, 0.15) is 12.6 Å². The third-order valence-corrected chi connectivity index (χ3v) is 4.77. The number of carbonyl (C=O) groups is 1. The second-order valence-corrected chi connectivity index (χ2v) is 6.68. The van der Waals surface area contributed by atoms with Gasteiger partial charge in [-0.2, -0.15) is 0 Å². The summed E-state index contributed by atoms with van der Waals surface area (Å²) >= 11 is 3.03. The molecule has 1 atom stereocenters. The van der Waals surface area contributed by atoms with E-state index < -0.39 is 0 Å². The van der Waals surface area contributed by atoms with Gasteiger partial charge >= 0.3 is 0 Å². The highest BCUT2D eigenvalue weighted by Crippen LogP contribution is 2.27. The summed E-state index contributed by atoms with van der Waals surface area (Å²) in [6.45, 7) is 3.82. The molecule has 0 spiro atoms. The number of ether oxygens (including phenoxy) is 1. The third-order valence-electron chi connectivity index (χ3n) is 2.58. The van der Waals surface area contributed by atoms with Crippen molar-refractivity contribution in [3.63, 3.8) is 0 Å². The molecule has 0 saturated carbocycles. The molecule has 0 saturated heterocycles. The van der Waals surface area contributed by atoms with Gasteiger partial charge in [0, 0.05) is 22.8 Å². The Morgan fingerprint density at radius 1 is 1.50 bits per heavy atom. The Hall–Kier alpha value is -1.53. The van der Waals surface area contributed by atoms with E-state index in [9.17, 15) is 4.79 Å². The minimum atomic E-state index is -0.202. The maximum atomic E-state index is 12.1. The van der Waals surface area contributed by atoms with Gasteiger partial charge in [-0.25, -0.2) is 4.98 Å². The Kier molecular flexibility index (Phi) is 5.03. The van der Waals surface area contributed by atoms with Gasteiger partial charge < -0.3 is 10.1 Å². The van der Waals surface area contributed by atoms with E-state index in [4.69, 9.17) is 4.74 Å². The lowest BCUT2D eigenvalue weighted by atomic mass is 10.3. The third kappa shape index (κ3) is 3.98. The van der Waals surface area contributed by atoms with Crippen molar-refractivity contribution in [1.29, 1.82) is 0 Å². The fraction of sp³-hybridized carbons (Fsp3) is 0.286. The van der Waals surface area contributed by atoms with E-state index in [0.717, 1.165) is 21.5 Å². The van der Waals surface area contributed by atoms with Gasteiger partial charge in [0.25, 0.3) is 0 Å². The summed E-state index contributed by atoms with van der Waals surface area (Å²) in [6, 6.07) is 7.32. The summed E-state index contributed by atoms with van der Waals surface area (Å²) in [7, 11) is 1.60. The number of thioether (sulfide) groups is 1. The van der Waals surface area contributed by atoms with Crippen LogP contribution in [-0.4, -0.2) is 23.3 Å². The van der Waals surface area contributed by atoms with Crippen molar-refractivity contribution in [2.24, 2.45) is 0 Å². The van der Waals surface area contributed by atoms with Crippen LogP contribution in [0.4, 0.5) is 5.69 Å². The first-order valence-corrected chi connectivity index (χ1v) is 7.88. The molecule has 106 valence electrons. The highest BCUT2D eigenvalue weighted by atomic mass is 32.2. The minimum Gasteiger partial charge on any atom is -0.497 e. The molecule has 6 heteroatoms. The SMILES string of the molecule is COc1cccc(NC(=O)C(C)Sc2nc(C)cs2)c1. The van der Waals surface area contributed by atoms with Gasteiger partial charge in [-0.05, 0) is 26.0 Å². The Labute approximate surface area is 126 Å². The van der Waals surface area contributed by atoms with Crippen LogP contribution in [-0.2, 0) is 4.79 Å². The first kappa shape index (κ1) is 14.9. The number of nitrogens with zero attached hydrogens (tertiary/aromatic N) is 1. The monoisotopic (exact) mass is 308 g/mol. The summed E-state index contributed by atoms with van der Waals surface area (Å²) in [5.41, 5.74) is 1.72. The molecule has 0 aliphatic heterocycles. The topological polar surface area (TPSA) is 51.2 Å². The first-order valence-electron chi connectivity index (χ1n) is 6.12. The molecule has 1 aromatic carbocycles. The number of benzene rings is 1. The quantitative estimate of drug-likeness (QED) is 0.858. The van der Waals surface area contributed by atoms with Crippen LogP contribution in [0, 0.1) is 6.92 Å². The molecule has 4 nitrogen and oxygen atoms in total. The maximum Gasteiger partial charge on any atom is 0.237 e. The Bertz CT molecular complexity index is 598. The normalized spacial score (nSPS) is 11.9. The van der Waals surface area contributed by atoms with Crippen molar-refractivity contribution >= 4 is 34.7 Å². The average molecular weight is 308 g/mol. The molecule has 0 radical (unpaired) electrons. The number of carbonyl (C=O) groups excluding carboxylic acids is 1. The second kappa shape index (κ2) is 6.76. The summed E-state index contributed by atoms with van der Waals surface area (Å²) < 4.78 is 6.04. The molecule has 1 heterocycles. The predicted octanol–water partition coefficient (Wildman–Crippen LogP) is 3.58. The number of hydrogen-bond acceptors (Lipinski definition) is 5. The summed E-state index contributed by atoms with van der Waals surface area (Å²) in [5, 5.41) is 4.66. The highest BCUT2D eigenvalue weighted by molar-refractivity contribution is 8.02. The zero-order valence-electron chi connectivity index (χ0n) is 11.5. The van der Waals surface area contributed by atoms with E-state index in [-0.39, 0.29) is 11.2 Å². The Morgan fingerprint density at radius 3 is 2.95 bits per heavy atom. The van der Waals surface area contributed by atoms with Crippen molar-refractivity contribution in [3.8, 4) is 5.75 Å². The molecule has 1 unspecified atom stereocenters. The van der Waals surface area contributed by atoms with Crippen LogP contribution in [0.5, 0.6) is 5.75 Å². The van der Waals surface area contributed by atoms with Gasteiger partial charge in [0.15, 0.2) is 4.34 Å². The Morgan fingerprint density at radius 2 is 2.30 bits per heavy atom. The number of nitrogens with one attached hydrogen (secondary N) is 1. The summed E-state index contributed by atoms with van der Waals surface area (Å²) in [5.74, 6) is 0.676. The lowest BCUT2D eigenvalue weighted by Gasteiger charge is -2.11. The molecule has 2 aromatic rings. The summed E-state index contributed by atoms with van der Waals surface area (Å²) in [4.78, 5) is 16.5. The fourth-order valence-electron chi connectivity index (χ4n) is 1.54. The van der Waals surface area contributed by atoms with Gasteiger partial charge in [0.1, 0.15) is 5.75 Å². The number of thiazole rings is 1. The zero-order chi connectivity index (χ0) is 14.5. The van der Waals surface area contributed by atoms with E-state index in [1.807, 2.05) is 37.4 Å². The largest absolute Gasteiger partial charge is 0.497 e. The van der Waals surface area contributed by atoms with E-state index in [1.165, 1.54) is 11.8 Å². The average Bonchev–Trinajstić information content (AvgIpc) is 2.84. The molecule has 1 N–H and O–H groups in total. The van der Waals surface area contributed by atoms with Crippen molar-refractivity contribution in [1.82, 2.24) is 4.98 Å². The lowest BCUT2D eigenvalue weighted by molar-refractivity contribution is -0.115. The molecule has 0 aliphatic rings. The van der Waals surface area contributed by atoms with Gasteiger partial charge in [0.2, 0.25) is 5.91 Å². The van der Waals surface area contributed by atoms with Gasteiger partial charge in [-0.3, -0.25) is 4.79 Å². The predicted molar refractivity (Wildman–Crippen MR) is 83.8 cm³/mol. The molecule has 0 aliphatic carbocycles. The van der Waals surface area contributed by atoms with E-state index in [0.29, 0.717) is 0 Å². The zero-order valence-corrected chi connectivity index (χ0v) is 13.2. The number of hydrogen-bond donors (Lipinski definition) is 1. The molecular weight excluding hydrogens is 292 g/mol. The number of anilines is 1. The van der Waals surface area contributed by atoms with E-state index in [1.54, 1.807) is 24.5 Å². The molecule has 0 bridgehead atoms. The van der Waals surface area contributed by atoms with Crippen molar-refractivity contribution < 1.29 is 9.53 Å². The maximum absolute atomic E-state index is 12.1. The van der Waals surface area contributed by atoms with Crippen molar-refractivity contribution in [3.05, 3.63) is 35.3 Å². The number of methoxy groups -OCH3 is 1.